The fraction of sp³-hybridized carbons (Fsp3) is 0.516. The maximum absolute atomic E-state index is 13.5. The van der Waals surface area contributed by atoms with Crippen molar-refractivity contribution in [2.24, 2.45) is 29.2 Å². The monoisotopic (exact) mass is 643 g/mol. The molecule has 1 saturated carbocycles. The quantitative estimate of drug-likeness (QED) is 0.163. The van der Waals surface area contributed by atoms with E-state index in [1.165, 1.54) is 24.3 Å². The van der Waals surface area contributed by atoms with Crippen molar-refractivity contribution in [3.63, 3.8) is 0 Å². The Morgan fingerprint density at radius 1 is 0.891 bits per heavy atom. The number of halogens is 1. The molecule has 14 nitrogen and oxygen atoms in total. The van der Waals surface area contributed by atoms with E-state index in [0.717, 1.165) is 6.42 Å². The summed E-state index contributed by atoms with van der Waals surface area (Å²) in [4.78, 5) is 77.3. The standard InChI is InChI=1S/C31H42FN7O7/c1-16(2)12-23(36-28(42)20-6-4-5-7-21(20)29(43)38-26-13-17(3)46-39-26)30(44)37-24(15-25(33)40)31(45)35-22(27(34)41)14-18-8-10-19(32)11-9-18/h8-11,13,16,20-24H,4-7,12,14-15H2,1-3H3,(H2,33,40)(H2,34,41)(H,35,45)(H,36,42)(H,37,44)(H,38,39,43)/t20?,21?,22-,23-,24-/m0/s1. The summed E-state index contributed by atoms with van der Waals surface area (Å²) in [6.07, 6.45) is 1.84. The van der Waals surface area contributed by atoms with Crippen LogP contribution in [0, 0.1) is 30.5 Å². The molecule has 0 radical (unpaired) electrons. The first kappa shape index (κ1) is 35.7. The smallest absolute Gasteiger partial charge is 0.243 e. The number of amides is 6. The number of hydrogen-bond donors (Lipinski definition) is 6. The molecule has 1 aromatic carbocycles. The van der Waals surface area contributed by atoms with Crippen LogP contribution in [0.25, 0.3) is 0 Å². The Labute approximate surface area is 265 Å². The van der Waals surface area contributed by atoms with Crippen molar-refractivity contribution >= 4 is 41.3 Å². The third-order valence-electron chi connectivity index (χ3n) is 7.71. The van der Waals surface area contributed by atoms with E-state index in [1.54, 1.807) is 13.0 Å². The maximum Gasteiger partial charge on any atom is 0.243 e. The molecular weight excluding hydrogens is 601 g/mol. The Balaban J connectivity index is 1.72. The number of carbonyl (C=O) groups is 6. The molecule has 1 heterocycles. The second kappa shape index (κ2) is 16.5. The largest absolute Gasteiger partial charge is 0.370 e. The van der Waals surface area contributed by atoms with Crippen LogP contribution < -0.4 is 32.7 Å². The minimum atomic E-state index is -1.49. The first-order chi connectivity index (χ1) is 21.7. The molecule has 3 rings (SSSR count). The highest BCUT2D eigenvalue weighted by molar-refractivity contribution is 5.98. The van der Waals surface area contributed by atoms with E-state index in [0.29, 0.717) is 30.6 Å². The van der Waals surface area contributed by atoms with Crippen LogP contribution in [0.15, 0.2) is 34.9 Å². The molecule has 1 aliphatic carbocycles. The van der Waals surface area contributed by atoms with Crippen LogP contribution in [-0.2, 0) is 35.2 Å². The number of primary amides is 2. The molecule has 46 heavy (non-hydrogen) atoms. The lowest BCUT2D eigenvalue weighted by Gasteiger charge is -2.31. The first-order valence-electron chi connectivity index (χ1n) is 15.2. The van der Waals surface area contributed by atoms with E-state index in [-0.39, 0.29) is 30.5 Å². The number of benzene rings is 1. The van der Waals surface area contributed by atoms with Crippen LogP contribution in [0.5, 0.6) is 0 Å². The molecule has 0 saturated heterocycles. The summed E-state index contributed by atoms with van der Waals surface area (Å²) in [5, 5.41) is 14.1. The Kier molecular flexibility index (Phi) is 12.8. The Morgan fingerprint density at radius 3 is 2.02 bits per heavy atom. The molecule has 1 fully saturated rings. The maximum atomic E-state index is 13.5. The third-order valence-corrected chi connectivity index (χ3v) is 7.71. The van der Waals surface area contributed by atoms with Gasteiger partial charge in [0.2, 0.25) is 35.4 Å². The molecule has 6 amide bonds. The Hall–Kier alpha value is -4.82. The molecule has 250 valence electrons. The van der Waals surface area contributed by atoms with Gasteiger partial charge in [0, 0.05) is 24.3 Å². The second-order valence-corrected chi connectivity index (χ2v) is 12.0. The molecule has 1 aromatic heterocycles. The molecule has 0 spiro atoms. The zero-order valence-electron chi connectivity index (χ0n) is 26.1. The van der Waals surface area contributed by atoms with E-state index in [9.17, 15) is 33.2 Å². The number of carbonyl (C=O) groups excluding carboxylic acids is 6. The van der Waals surface area contributed by atoms with Crippen LogP contribution in [0.4, 0.5) is 10.2 Å². The highest BCUT2D eigenvalue weighted by atomic mass is 19.1. The van der Waals surface area contributed by atoms with Gasteiger partial charge in [-0.15, -0.1) is 0 Å². The van der Waals surface area contributed by atoms with Gasteiger partial charge in [-0.2, -0.15) is 0 Å². The van der Waals surface area contributed by atoms with Crippen molar-refractivity contribution in [3.05, 3.63) is 47.5 Å². The van der Waals surface area contributed by atoms with E-state index in [1.807, 2.05) is 13.8 Å². The van der Waals surface area contributed by atoms with E-state index < -0.39 is 71.7 Å². The van der Waals surface area contributed by atoms with E-state index in [2.05, 4.69) is 26.4 Å². The number of rotatable bonds is 15. The van der Waals surface area contributed by atoms with Crippen molar-refractivity contribution in [3.8, 4) is 0 Å². The van der Waals surface area contributed by atoms with Gasteiger partial charge in [0.05, 0.1) is 6.42 Å². The van der Waals surface area contributed by atoms with Gasteiger partial charge in [-0.3, -0.25) is 28.8 Å². The summed E-state index contributed by atoms with van der Waals surface area (Å²) in [6, 6.07) is 2.93. The summed E-state index contributed by atoms with van der Waals surface area (Å²) < 4.78 is 18.3. The highest BCUT2D eigenvalue weighted by Crippen LogP contribution is 2.31. The topological polar surface area (TPSA) is 229 Å². The minimum Gasteiger partial charge on any atom is -0.370 e. The van der Waals surface area contributed by atoms with Crippen molar-refractivity contribution < 1.29 is 37.7 Å². The van der Waals surface area contributed by atoms with Gasteiger partial charge in [0.25, 0.3) is 0 Å². The average molecular weight is 644 g/mol. The predicted molar refractivity (Wildman–Crippen MR) is 164 cm³/mol. The average Bonchev–Trinajstić information content (AvgIpc) is 3.40. The Bertz CT molecular complexity index is 1410. The van der Waals surface area contributed by atoms with Gasteiger partial charge in [0.1, 0.15) is 29.7 Å². The molecule has 0 aliphatic heterocycles. The van der Waals surface area contributed by atoms with Crippen LogP contribution in [0.2, 0.25) is 0 Å². The number of anilines is 1. The first-order valence-corrected chi connectivity index (χ1v) is 15.2. The van der Waals surface area contributed by atoms with Crippen LogP contribution in [-0.4, -0.2) is 58.7 Å². The lowest BCUT2D eigenvalue weighted by atomic mass is 9.78. The number of aromatic nitrogens is 1. The summed E-state index contributed by atoms with van der Waals surface area (Å²) in [7, 11) is 0. The third kappa shape index (κ3) is 10.7. The molecule has 1 aliphatic rings. The fourth-order valence-electron chi connectivity index (χ4n) is 5.42. The summed E-state index contributed by atoms with van der Waals surface area (Å²) >= 11 is 0. The molecule has 2 unspecified atom stereocenters. The number of hydrogen-bond acceptors (Lipinski definition) is 8. The zero-order chi connectivity index (χ0) is 34.0. The van der Waals surface area contributed by atoms with E-state index in [4.69, 9.17) is 16.0 Å². The number of nitrogens with two attached hydrogens (primary N) is 2. The Morgan fingerprint density at radius 2 is 1.48 bits per heavy atom. The lowest BCUT2D eigenvalue weighted by Crippen LogP contribution is -2.58. The van der Waals surface area contributed by atoms with Crippen LogP contribution in [0.3, 0.4) is 0 Å². The molecule has 0 bridgehead atoms. The van der Waals surface area contributed by atoms with Crippen LogP contribution >= 0.6 is 0 Å². The molecule has 8 N–H and O–H groups in total. The van der Waals surface area contributed by atoms with Crippen molar-refractivity contribution in [1.82, 2.24) is 21.1 Å². The van der Waals surface area contributed by atoms with Gasteiger partial charge in [-0.1, -0.05) is 44.0 Å². The van der Waals surface area contributed by atoms with E-state index >= 15 is 0 Å². The summed E-state index contributed by atoms with van der Waals surface area (Å²) in [5.41, 5.74) is 11.3. The minimum absolute atomic E-state index is 0.0724. The van der Waals surface area contributed by atoms with Crippen LogP contribution in [0.1, 0.15) is 63.7 Å². The van der Waals surface area contributed by atoms with Gasteiger partial charge < -0.3 is 37.3 Å². The summed E-state index contributed by atoms with van der Waals surface area (Å²) in [5.74, 6) is -5.56. The van der Waals surface area contributed by atoms with Crippen molar-refractivity contribution in [2.75, 3.05) is 5.32 Å². The number of aryl methyl sites for hydroxylation is 1. The molecular formula is C31H42FN7O7. The number of nitrogens with zero attached hydrogens (tertiary/aromatic N) is 1. The molecule has 15 heteroatoms. The highest BCUT2D eigenvalue weighted by Gasteiger charge is 2.38. The van der Waals surface area contributed by atoms with Crippen molar-refractivity contribution in [2.45, 2.75) is 83.8 Å². The zero-order valence-corrected chi connectivity index (χ0v) is 26.1. The van der Waals surface area contributed by atoms with Gasteiger partial charge in [0.15, 0.2) is 5.82 Å². The van der Waals surface area contributed by atoms with Gasteiger partial charge in [-0.25, -0.2) is 4.39 Å². The molecule has 2 aromatic rings. The molecule has 5 atom stereocenters. The lowest BCUT2D eigenvalue weighted by molar-refractivity contribution is -0.138. The number of nitrogens with one attached hydrogen (secondary N) is 4. The normalized spacial score (nSPS) is 18.1. The second-order valence-electron chi connectivity index (χ2n) is 12.0. The van der Waals surface area contributed by atoms with Gasteiger partial charge >= 0.3 is 0 Å². The van der Waals surface area contributed by atoms with Crippen molar-refractivity contribution in [1.29, 1.82) is 0 Å². The van der Waals surface area contributed by atoms with Gasteiger partial charge in [-0.05, 0) is 49.8 Å². The SMILES string of the molecule is Cc1cc(NC(=O)C2CCCCC2C(=O)N[C@@H](CC(C)C)C(=O)N[C@@H](CC(N)=O)C(=O)N[C@@H](Cc2ccc(F)cc2)C(N)=O)no1. The predicted octanol–water partition coefficient (Wildman–Crippen LogP) is 0.971. The summed E-state index contributed by atoms with van der Waals surface area (Å²) in [6.45, 7) is 5.36. The fourth-order valence-corrected chi connectivity index (χ4v) is 5.42.